The standard InChI is InChI=1S/C12H15N5O2S2/c1-2-17-8-14-16-11(17)7-15-21(18,19)10-5-3-4-9(6-10)12(13)20/h3-6,8,15H,2,7H2,1H3,(H2,13,20). The van der Waals surface area contributed by atoms with Crippen LogP contribution in [0, 0.1) is 0 Å². The molecule has 0 atom stereocenters. The molecule has 1 heterocycles. The quantitative estimate of drug-likeness (QED) is 0.746. The number of aryl methyl sites for hydroxylation is 1. The summed E-state index contributed by atoms with van der Waals surface area (Å²) in [6.45, 7) is 2.65. The minimum absolute atomic E-state index is 0.0630. The highest BCUT2D eigenvalue weighted by atomic mass is 32.2. The minimum Gasteiger partial charge on any atom is -0.389 e. The van der Waals surface area contributed by atoms with E-state index >= 15 is 0 Å². The first-order valence-electron chi connectivity index (χ1n) is 6.20. The van der Waals surface area contributed by atoms with Crippen LogP contribution in [0.4, 0.5) is 0 Å². The van der Waals surface area contributed by atoms with Crippen LogP contribution in [-0.2, 0) is 23.1 Å². The monoisotopic (exact) mass is 325 g/mol. The fourth-order valence-electron chi connectivity index (χ4n) is 1.74. The maximum Gasteiger partial charge on any atom is 0.240 e. The van der Waals surface area contributed by atoms with E-state index in [1.807, 2.05) is 6.92 Å². The number of nitrogens with zero attached hydrogens (tertiary/aromatic N) is 3. The predicted molar refractivity (Wildman–Crippen MR) is 82.1 cm³/mol. The van der Waals surface area contributed by atoms with Gasteiger partial charge in [0.05, 0.1) is 11.4 Å². The van der Waals surface area contributed by atoms with Crippen molar-refractivity contribution < 1.29 is 8.42 Å². The van der Waals surface area contributed by atoms with Gasteiger partial charge in [0, 0.05) is 12.1 Å². The molecule has 0 aliphatic heterocycles. The molecule has 0 aliphatic carbocycles. The van der Waals surface area contributed by atoms with E-state index in [1.165, 1.54) is 12.1 Å². The van der Waals surface area contributed by atoms with Crippen molar-refractivity contribution in [1.29, 1.82) is 0 Å². The number of aromatic nitrogens is 3. The van der Waals surface area contributed by atoms with E-state index in [4.69, 9.17) is 18.0 Å². The summed E-state index contributed by atoms with van der Waals surface area (Å²) in [5.74, 6) is 0.548. The average molecular weight is 325 g/mol. The number of thiocarbonyl (C=S) groups is 1. The molecule has 2 rings (SSSR count). The Kier molecular flexibility index (Phi) is 4.66. The molecule has 0 bridgehead atoms. The molecule has 0 unspecified atom stereocenters. The zero-order chi connectivity index (χ0) is 15.5. The van der Waals surface area contributed by atoms with Crippen LogP contribution in [0.1, 0.15) is 18.3 Å². The van der Waals surface area contributed by atoms with Crippen LogP contribution in [0.25, 0.3) is 0 Å². The summed E-state index contributed by atoms with van der Waals surface area (Å²) in [5, 5.41) is 7.62. The van der Waals surface area contributed by atoms with E-state index < -0.39 is 10.0 Å². The smallest absolute Gasteiger partial charge is 0.240 e. The first-order valence-corrected chi connectivity index (χ1v) is 8.09. The van der Waals surface area contributed by atoms with E-state index in [1.54, 1.807) is 23.0 Å². The van der Waals surface area contributed by atoms with E-state index in [0.29, 0.717) is 17.9 Å². The number of rotatable bonds is 6. The van der Waals surface area contributed by atoms with Crippen molar-refractivity contribution >= 4 is 27.2 Å². The molecule has 112 valence electrons. The highest BCUT2D eigenvalue weighted by Gasteiger charge is 2.16. The van der Waals surface area contributed by atoms with Crippen LogP contribution < -0.4 is 10.5 Å². The van der Waals surface area contributed by atoms with Crippen molar-refractivity contribution in [3.8, 4) is 0 Å². The van der Waals surface area contributed by atoms with Gasteiger partial charge in [-0.05, 0) is 19.1 Å². The zero-order valence-corrected chi connectivity index (χ0v) is 13.0. The Hall–Kier alpha value is -1.84. The second kappa shape index (κ2) is 6.29. The van der Waals surface area contributed by atoms with Crippen LogP contribution in [-0.4, -0.2) is 28.2 Å². The Labute approximate surface area is 128 Å². The van der Waals surface area contributed by atoms with Gasteiger partial charge in [0.1, 0.15) is 17.1 Å². The highest BCUT2D eigenvalue weighted by Crippen LogP contribution is 2.12. The normalized spacial score (nSPS) is 11.5. The van der Waals surface area contributed by atoms with E-state index in [2.05, 4.69) is 14.9 Å². The molecule has 0 saturated carbocycles. The van der Waals surface area contributed by atoms with Crippen molar-refractivity contribution in [2.75, 3.05) is 0 Å². The fourth-order valence-corrected chi connectivity index (χ4v) is 2.89. The van der Waals surface area contributed by atoms with Crippen molar-refractivity contribution in [2.24, 2.45) is 5.73 Å². The van der Waals surface area contributed by atoms with Gasteiger partial charge >= 0.3 is 0 Å². The highest BCUT2D eigenvalue weighted by molar-refractivity contribution is 7.89. The Morgan fingerprint density at radius 1 is 1.48 bits per heavy atom. The van der Waals surface area contributed by atoms with Crippen LogP contribution >= 0.6 is 12.2 Å². The molecule has 0 radical (unpaired) electrons. The first kappa shape index (κ1) is 15.5. The molecule has 0 aliphatic rings. The third kappa shape index (κ3) is 3.63. The first-order chi connectivity index (χ1) is 9.94. The molecule has 0 amide bonds. The number of hydrogen-bond donors (Lipinski definition) is 2. The van der Waals surface area contributed by atoms with Gasteiger partial charge in [0.25, 0.3) is 0 Å². The lowest BCUT2D eigenvalue weighted by Gasteiger charge is -2.08. The lowest BCUT2D eigenvalue weighted by Crippen LogP contribution is -2.25. The number of hydrogen-bond acceptors (Lipinski definition) is 5. The van der Waals surface area contributed by atoms with Crippen LogP contribution in [0.2, 0.25) is 0 Å². The van der Waals surface area contributed by atoms with Crippen molar-refractivity contribution in [3.05, 3.63) is 42.0 Å². The van der Waals surface area contributed by atoms with E-state index in [0.717, 1.165) is 0 Å². The maximum absolute atomic E-state index is 12.2. The van der Waals surface area contributed by atoms with Crippen molar-refractivity contribution in [1.82, 2.24) is 19.5 Å². The van der Waals surface area contributed by atoms with Gasteiger partial charge < -0.3 is 10.3 Å². The van der Waals surface area contributed by atoms with Crippen molar-refractivity contribution in [2.45, 2.75) is 24.9 Å². The van der Waals surface area contributed by atoms with Crippen molar-refractivity contribution in [3.63, 3.8) is 0 Å². The second-order valence-electron chi connectivity index (χ2n) is 4.25. The van der Waals surface area contributed by atoms with Crippen LogP contribution in [0.15, 0.2) is 35.5 Å². The van der Waals surface area contributed by atoms with Gasteiger partial charge in [-0.2, -0.15) is 0 Å². The molecular weight excluding hydrogens is 310 g/mol. The van der Waals surface area contributed by atoms with Gasteiger partial charge in [0.2, 0.25) is 10.0 Å². The minimum atomic E-state index is -3.66. The molecule has 2 aromatic rings. The molecule has 21 heavy (non-hydrogen) atoms. The molecule has 0 fully saturated rings. The van der Waals surface area contributed by atoms with Gasteiger partial charge in [-0.25, -0.2) is 13.1 Å². The molecule has 0 spiro atoms. The Balaban J connectivity index is 2.19. The predicted octanol–water partition coefficient (Wildman–Crippen LogP) is 0.411. The van der Waals surface area contributed by atoms with Crippen LogP contribution in [0.3, 0.4) is 0 Å². The van der Waals surface area contributed by atoms with E-state index in [9.17, 15) is 8.42 Å². The fraction of sp³-hybridized carbons (Fsp3) is 0.250. The van der Waals surface area contributed by atoms with E-state index in [-0.39, 0.29) is 16.4 Å². The molecule has 0 saturated heterocycles. The third-order valence-corrected chi connectivity index (χ3v) is 4.52. The molecular formula is C12H15N5O2S2. The summed E-state index contributed by atoms with van der Waals surface area (Å²) in [6.07, 6.45) is 1.55. The largest absolute Gasteiger partial charge is 0.389 e. The number of nitrogens with two attached hydrogens (primary N) is 1. The molecule has 9 heteroatoms. The molecule has 1 aromatic heterocycles. The number of nitrogens with one attached hydrogen (secondary N) is 1. The van der Waals surface area contributed by atoms with Crippen LogP contribution in [0.5, 0.6) is 0 Å². The summed E-state index contributed by atoms with van der Waals surface area (Å²) in [4.78, 5) is 0.258. The summed E-state index contributed by atoms with van der Waals surface area (Å²) in [5.41, 5.74) is 6.01. The number of sulfonamides is 1. The maximum atomic E-state index is 12.2. The SMILES string of the molecule is CCn1cnnc1CNS(=O)(=O)c1cccc(C(N)=S)c1. The lowest BCUT2D eigenvalue weighted by atomic mass is 10.2. The summed E-state index contributed by atoms with van der Waals surface area (Å²) in [7, 11) is -3.66. The average Bonchev–Trinajstić information content (AvgIpc) is 2.93. The Bertz CT molecular complexity index is 755. The zero-order valence-electron chi connectivity index (χ0n) is 11.4. The summed E-state index contributed by atoms with van der Waals surface area (Å²) < 4.78 is 28.7. The number of benzene rings is 1. The van der Waals surface area contributed by atoms with Gasteiger partial charge in [-0.1, -0.05) is 24.4 Å². The molecule has 3 N–H and O–H groups in total. The third-order valence-electron chi connectivity index (χ3n) is 2.89. The molecule has 7 nitrogen and oxygen atoms in total. The van der Waals surface area contributed by atoms with Gasteiger partial charge in [-0.3, -0.25) is 0 Å². The Morgan fingerprint density at radius 2 is 2.24 bits per heavy atom. The summed E-state index contributed by atoms with van der Waals surface area (Å²) >= 11 is 4.85. The Morgan fingerprint density at radius 3 is 2.90 bits per heavy atom. The molecule has 1 aromatic carbocycles. The van der Waals surface area contributed by atoms with Gasteiger partial charge in [-0.15, -0.1) is 10.2 Å². The van der Waals surface area contributed by atoms with Gasteiger partial charge in [0.15, 0.2) is 0 Å². The second-order valence-corrected chi connectivity index (χ2v) is 6.46. The lowest BCUT2D eigenvalue weighted by molar-refractivity contribution is 0.575. The summed E-state index contributed by atoms with van der Waals surface area (Å²) in [6, 6.07) is 6.18. The topological polar surface area (TPSA) is 103 Å².